The van der Waals surface area contributed by atoms with E-state index in [1.54, 1.807) is 18.2 Å². The second-order valence-corrected chi connectivity index (χ2v) is 5.19. The zero-order valence-corrected chi connectivity index (χ0v) is 12.2. The molecule has 3 nitrogen and oxygen atoms in total. The lowest BCUT2D eigenvalue weighted by Gasteiger charge is -2.11. The lowest BCUT2D eigenvalue weighted by atomic mass is 10.1. The van der Waals surface area contributed by atoms with Gasteiger partial charge in [0.2, 0.25) is 0 Å². The van der Waals surface area contributed by atoms with E-state index in [0.717, 1.165) is 5.56 Å². The average molecular weight is 297 g/mol. The molecule has 0 atom stereocenters. The first-order valence-electron chi connectivity index (χ1n) is 6.57. The minimum absolute atomic E-state index is 0.140. The van der Waals surface area contributed by atoms with Crippen LogP contribution < -0.4 is 5.01 Å². The third kappa shape index (κ3) is 2.73. The summed E-state index contributed by atoms with van der Waals surface area (Å²) in [5, 5.41) is 6.29. The second kappa shape index (κ2) is 5.54. The van der Waals surface area contributed by atoms with Crippen molar-refractivity contribution in [2.45, 2.75) is 6.92 Å². The van der Waals surface area contributed by atoms with Crippen LogP contribution >= 0.6 is 11.6 Å². The fourth-order valence-corrected chi connectivity index (χ4v) is 2.37. The van der Waals surface area contributed by atoms with Gasteiger partial charge in [0, 0.05) is 5.02 Å². The number of halogens is 1. The number of hydrogen-bond acceptors (Lipinski definition) is 2. The lowest BCUT2D eigenvalue weighted by molar-refractivity contribution is -0.114. The van der Waals surface area contributed by atoms with Crippen LogP contribution in [0, 0.1) is 0 Å². The van der Waals surface area contributed by atoms with E-state index in [2.05, 4.69) is 5.10 Å². The van der Waals surface area contributed by atoms with Crippen LogP contribution in [0.1, 0.15) is 12.5 Å². The van der Waals surface area contributed by atoms with Gasteiger partial charge in [0.1, 0.15) is 0 Å². The van der Waals surface area contributed by atoms with Gasteiger partial charge in [-0.3, -0.25) is 4.79 Å². The normalized spacial score (nSPS) is 16.5. The molecule has 0 saturated carbocycles. The van der Waals surface area contributed by atoms with Crippen molar-refractivity contribution >= 4 is 35.0 Å². The molecule has 1 heterocycles. The molecule has 1 aliphatic heterocycles. The monoisotopic (exact) mass is 296 g/mol. The number of hydrogen-bond donors (Lipinski definition) is 0. The third-order valence-corrected chi connectivity index (χ3v) is 3.46. The maximum absolute atomic E-state index is 12.5. The number of carbonyl (C=O) groups excluding carboxylic acids is 1. The molecule has 1 amide bonds. The molecule has 21 heavy (non-hydrogen) atoms. The van der Waals surface area contributed by atoms with E-state index in [0.29, 0.717) is 22.0 Å². The number of hydrazone groups is 1. The van der Waals surface area contributed by atoms with Crippen LogP contribution in [0.3, 0.4) is 0 Å². The fraction of sp³-hybridized carbons (Fsp3) is 0.0588. The predicted molar refractivity (Wildman–Crippen MR) is 86.5 cm³/mol. The van der Waals surface area contributed by atoms with Gasteiger partial charge in [0.25, 0.3) is 5.91 Å². The van der Waals surface area contributed by atoms with Gasteiger partial charge in [-0.25, -0.2) is 0 Å². The Kier molecular flexibility index (Phi) is 3.59. The van der Waals surface area contributed by atoms with E-state index in [9.17, 15) is 4.79 Å². The number of carbonyl (C=O) groups is 1. The fourth-order valence-electron chi connectivity index (χ4n) is 2.18. The van der Waals surface area contributed by atoms with Crippen molar-refractivity contribution in [3.8, 4) is 0 Å². The molecule has 0 unspecified atom stereocenters. The standard InChI is InChI=1S/C17H13ClN2O/c1-12-16(10-13-6-3-2-4-7-13)17(21)20(19-12)15-9-5-8-14(18)11-15/h2-11H,1H3. The highest BCUT2D eigenvalue weighted by Crippen LogP contribution is 2.26. The average Bonchev–Trinajstić information content (AvgIpc) is 2.76. The Morgan fingerprint density at radius 2 is 1.86 bits per heavy atom. The highest BCUT2D eigenvalue weighted by atomic mass is 35.5. The van der Waals surface area contributed by atoms with E-state index in [1.807, 2.05) is 49.4 Å². The zero-order chi connectivity index (χ0) is 14.8. The predicted octanol–water partition coefficient (Wildman–Crippen LogP) is 4.15. The molecular weight excluding hydrogens is 284 g/mol. The van der Waals surface area contributed by atoms with Crippen molar-refractivity contribution in [3.05, 3.63) is 70.8 Å². The van der Waals surface area contributed by atoms with Gasteiger partial charge in [-0.15, -0.1) is 0 Å². The Morgan fingerprint density at radius 1 is 1.10 bits per heavy atom. The maximum atomic E-state index is 12.5. The highest BCUT2D eigenvalue weighted by Gasteiger charge is 2.28. The number of benzene rings is 2. The van der Waals surface area contributed by atoms with E-state index in [4.69, 9.17) is 11.6 Å². The van der Waals surface area contributed by atoms with Gasteiger partial charge in [-0.1, -0.05) is 48.0 Å². The summed E-state index contributed by atoms with van der Waals surface area (Å²) in [6.45, 7) is 1.83. The summed E-state index contributed by atoms with van der Waals surface area (Å²) in [7, 11) is 0. The summed E-state index contributed by atoms with van der Waals surface area (Å²) in [6.07, 6.45) is 1.85. The molecule has 2 aromatic carbocycles. The minimum atomic E-state index is -0.140. The number of nitrogens with zero attached hydrogens (tertiary/aromatic N) is 2. The first-order chi connectivity index (χ1) is 10.1. The first kappa shape index (κ1) is 13.6. The molecule has 2 aromatic rings. The van der Waals surface area contributed by atoms with Gasteiger partial charge >= 0.3 is 0 Å². The van der Waals surface area contributed by atoms with Crippen LogP contribution in [0.25, 0.3) is 6.08 Å². The Labute approximate surface area is 128 Å². The van der Waals surface area contributed by atoms with E-state index in [-0.39, 0.29) is 5.91 Å². The topological polar surface area (TPSA) is 32.7 Å². The minimum Gasteiger partial charge on any atom is -0.267 e. The number of amides is 1. The van der Waals surface area contributed by atoms with Crippen molar-refractivity contribution in [2.75, 3.05) is 5.01 Å². The van der Waals surface area contributed by atoms with Crippen LogP contribution in [0.4, 0.5) is 5.69 Å². The third-order valence-electron chi connectivity index (χ3n) is 3.23. The molecule has 0 spiro atoms. The Hall–Kier alpha value is -2.39. The Morgan fingerprint density at radius 3 is 2.57 bits per heavy atom. The molecule has 0 fully saturated rings. The summed E-state index contributed by atoms with van der Waals surface area (Å²) >= 11 is 5.97. The molecule has 0 radical (unpaired) electrons. The van der Waals surface area contributed by atoms with Gasteiger partial charge in [0.05, 0.1) is 17.0 Å². The zero-order valence-electron chi connectivity index (χ0n) is 11.5. The molecule has 3 rings (SSSR count). The van der Waals surface area contributed by atoms with Crippen LogP contribution in [-0.2, 0) is 4.79 Å². The van der Waals surface area contributed by atoms with E-state index >= 15 is 0 Å². The first-order valence-corrected chi connectivity index (χ1v) is 6.95. The summed E-state index contributed by atoms with van der Waals surface area (Å²) in [4.78, 5) is 12.5. The molecule has 0 aromatic heterocycles. The molecule has 0 bridgehead atoms. The maximum Gasteiger partial charge on any atom is 0.280 e. The van der Waals surface area contributed by atoms with Crippen molar-refractivity contribution in [3.63, 3.8) is 0 Å². The van der Waals surface area contributed by atoms with Gasteiger partial charge in [-0.05, 0) is 36.8 Å². The van der Waals surface area contributed by atoms with Crippen molar-refractivity contribution in [1.29, 1.82) is 0 Å². The smallest absolute Gasteiger partial charge is 0.267 e. The van der Waals surface area contributed by atoms with Gasteiger partial charge in [0.15, 0.2) is 0 Å². The lowest BCUT2D eigenvalue weighted by Crippen LogP contribution is -2.21. The van der Waals surface area contributed by atoms with Gasteiger partial charge < -0.3 is 0 Å². The largest absolute Gasteiger partial charge is 0.280 e. The molecule has 0 N–H and O–H groups in total. The van der Waals surface area contributed by atoms with Crippen molar-refractivity contribution in [1.82, 2.24) is 0 Å². The van der Waals surface area contributed by atoms with Crippen LogP contribution in [0.2, 0.25) is 5.02 Å². The Balaban J connectivity index is 1.96. The van der Waals surface area contributed by atoms with Crippen LogP contribution in [0.15, 0.2) is 65.3 Å². The van der Waals surface area contributed by atoms with E-state index < -0.39 is 0 Å². The summed E-state index contributed by atoms with van der Waals surface area (Å²) in [5.74, 6) is -0.140. The second-order valence-electron chi connectivity index (χ2n) is 4.75. The van der Waals surface area contributed by atoms with Gasteiger partial charge in [-0.2, -0.15) is 10.1 Å². The molecule has 0 aliphatic carbocycles. The van der Waals surface area contributed by atoms with Crippen molar-refractivity contribution in [2.24, 2.45) is 5.10 Å². The number of anilines is 1. The number of rotatable bonds is 2. The Bertz CT molecular complexity index is 750. The molecule has 104 valence electrons. The molecule has 4 heteroatoms. The molecular formula is C17H13ClN2O. The summed E-state index contributed by atoms with van der Waals surface area (Å²) in [6, 6.07) is 16.8. The quantitative estimate of drug-likeness (QED) is 0.766. The summed E-state index contributed by atoms with van der Waals surface area (Å²) in [5.41, 5.74) is 2.94. The van der Waals surface area contributed by atoms with Crippen LogP contribution in [0.5, 0.6) is 0 Å². The molecule has 1 aliphatic rings. The van der Waals surface area contributed by atoms with Crippen molar-refractivity contribution < 1.29 is 4.79 Å². The van der Waals surface area contributed by atoms with Crippen LogP contribution in [-0.4, -0.2) is 11.6 Å². The highest BCUT2D eigenvalue weighted by molar-refractivity contribution is 6.33. The van der Waals surface area contributed by atoms with E-state index in [1.165, 1.54) is 5.01 Å². The SMILES string of the molecule is CC1=NN(c2cccc(Cl)c2)C(=O)C1=Cc1ccccc1. The summed E-state index contributed by atoms with van der Waals surface area (Å²) < 4.78 is 0. The molecule has 0 saturated heterocycles.